The SMILES string of the molecule is CCC1CCCCC1OCc1nc2c(N)cccc2o1. The Morgan fingerprint density at radius 2 is 2.20 bits per heavy atom. The standard InChI is InChI=1S/C16H22N2O2/c1-2-11-6-3-4-8-13(11)19-10-15-18-16-12(17)7-5-9-14(16)20-15/h5,7,9,11,13H,2-4,6,8,10,17H2,1H3. The van der Waals surface area contributed by atoms with Crippen LogP contribution in [0.4, 0.5) is 5.69 Å². The van der Waals surface area contributed by atoms with Gasteiger partial charge in [0.1, 0.15) is 12.1 Å². The zero-order chi connectivity index (χ0) is 13.9. The molecule has 1 aromatic heterocycles. The van der Waals surface area contributed by atoms with Crippen molar-refractivity contribution in [2.45, 2.75) is 51.7 Å². The number of ether oxygens (including phenoxy) is 1. The number of fused-ring (bicyclic) bond motifs is 1. The first kappa shape index (κ1) is 13.4. The summed E-state index contributed by atoms with van der Waals surface area (Å²) >= 11 is 0. The Morgan fingerprint density at radius 3 is 3.00 bits per heavy atom. The van der Waals surface area contributed by atoms with Gasteiger partial charge in [0.2, 0.25) is 5.89 Å². The fourth-order valence-corrected chi connectivity index (χ4v) is 3.12. The number of benzene rings is 1. The molecule has 1 heterocycles. The minimum absolute atomic E-state index is 0.348. The summed E-state index contributed by atoms with van der Waals surface area (Å²) < 4.78 is 11.7. The lowest BCUT2D eigenvalue weighted by Crippen LogP contribution is -2.27. The maximum atomic E-state index is 6.04. The number of rotatable bonds is 4. The first-order chi connectivity index (χ1) is 9.78. The topological polar surface area (TPSA) is 61.3 Å². The smallest absolute Gasteiger partial charge is 0.221 e. The Kier molecular flexibility index (Phi) is 3.92. The third kappa shape index (κ3) is 2.66. The van der Waals surface area contributed by atoms with Crippen LogP contribution in [0.25, 0.3) is 11.1 Å². The first-order valence-corrected chi connectivity index (χ1v) is 7.53. The molecular weight excluding hydrogens is 252 g/mol. The van der Waals surface area contributed by atoms with Crippen molar-refractivity contribution in [3.8, 4) is 0 Å². The highest BCUT2D eigenvalue weighted by Gasteiger charge is 2.24. The molecule has 2 aromatic rings. The third-order valence-corrected chi connectivity index (χ3v) is 4.28. The van der Waals surface area contributed by atoms with Crippen LogP contribution in [0.1, 0.15) is 44.9 Å². The van der Waals surface area contributed by atoms with Crippen LogP contribution in [0.5, 0.6) is 0 Å². The number of nitrogens with zero attached hydrogens (tertiary/aromatic N) is 1. The van der Waals surface area contributed by atoms with E-state index < -0.39 is 0 Å². The van der Waals surface area contributed by atoms with Crippen LogP contribution in [-0.2, 0) is 11.3 Å². The van der Waals surface area contributed by atoms with E-state index >= 15 is 0 Å². The number of hydrogen-bond donors (Lipinski definition) is 1. The van der Waals surface area contributed by atoms with E-state index in [9.17, 15) is 0 Å². The highest BCUT2D eigenvalue weighted by Crippen LogP contribution is 2.30. The van der Waals surface area contributed by atoms with Crippen molar-refractivity contribution in [2.75, 3.05) is 5.73 Å². The molecule has 1 fully saturated rings. The van der Waals surface area contributed by atoms with Crippen molar-refractivity contribution in [1.82, 2.24) is 4.98 Å². The molecule has 0 bridgehead atoms. The molecule has 0 saturated heterocycles. The van der Waals surface area contributed by atoms with Crippen LogP contribution >= 0.6 is 0 Å². The van der Waals surface area contributed by atoms with E-state index in [0.29, 0.717) is 30.2 Å². The number of para-hydroxylation sites is 1. The lowest BCUT2D eigenvalue weighted by atomic mass is 9.85. The van der Waals surface area contributed by atoms with E-state index in [-0.39, 0.29) is 0 Å². The predicted molar refractivity (Wildman–Crippen MR) is 79.2 cm³/mol. The molecule has 3 rings (SSSR count). The van der Waals surface area contributed by atoms with E-state index in [1.165, 1.54) is 25.7 Å². The molecule has 2 atom stereocenters. The summed E-state index contributed by atoms with van der Waals surface area (Å²) in [5.41, 5.74) is 8.02. The van der Waals surface area contributed by atoms with Crippen molar-refractivity contribution < 1.29 is 9.15 Å². The highest BCUT2D eigenvalue weighted by molar-refractivity contribution is 5.85. The van der Waals surface area contributed by atoms with Gasteiger partial charge in [-0.2, -0.15) is 0 Å². The molecule has 4 heteroatoms. The largest absolute Gasteiger partial charge is 0.438 e. The lowest BCUT2D eigenvalue weighted by molar-refractivity contribution is -0.0295. The van der Waals surface area contributed by atoms with Gasteiger partial charge in [0.15, 0.2) is 5.58 Å². The van der Waals surface area contributed by atoms with Crippen LogP contribution in [0, 0.1) is 5.92 Å². The quantitative estimate of drug-likeness (QED) is 0.859. The van der Waals surface area contributed by atoms with E-state index in [4.69, 9.17) is 14.9 Å². The van der Waals surface area contributed by atoms with Crippen molar-refractivity contribution in [2.24, 2.45) is 5.92 Å². The molecule has 0 radical (unpaired) electrons. The Balaban J connectivity index is 1.68. The monoisotopic (exact) mass is 274 g/mol. The summed E-state index contributed by atoms with van der Waals surface area (Å²) in [6.45, 7) is 2.68. The Labute approximate surface area is 119 Å². The maximum Gasteiger partial charge on any atom is 0.221 e. The highest BCUT2D eigenvalue weighted by atomic mass is 16.5. The van der Waals surface area contributed by atoms with E-state index in [1.807, 2.05) is 18.2 Å². The van der Waals surface area contributed by atoms with Crippen molar-refractivity contribution in [3.63, 3.8) is 0 Å². The van der Waals surface area contributed by atoms with E-state index in [1.54, 1.807) is 0 Å². The van der Waals surface area contributed by atoms with Crippen molar-refractivity contribution >= 4 is 16.8 Å². The van der Waals surface area contributed by atoms with Crippen molar-refractivity contribution in [1.29, 1.82) is 0 Å². The molecule has 0 aliphatic heterocycles. The molecule has 108 valence electrons. The molecule has 20 heavy (non-hydrogen) atoms. The van der Waals surface area contributed by atoms with Gasteiger partial charge in [-0.1, -0.05) is 32.3 Å². The Hall–Kier alpha value is -1.55. The average Bonchev–Trinajstić information content (AvgIpc) is 2.90. The fraction of sp³-hybridized carbons (Fsp3) is 0.562. The number of hydrogen-bond acceptors (Lipinski definition) is 4. The molecule has 2 unspecified atom stereocenters. The summed E-state index contributed by atoms with van der Waals surface area (Å²) in [5.74, 6) is 1.30. The second-order valence-electron chi connectivity index (χ2n) is 5.60. The van der Waals surface area contributed by atoms with Gasteiger partial charge in [0.05, 0.1) is 11.8 Å². The maximum absolute atomic E-state index is 6.04. The lowest BCUT2D eigenvalue weighted by Gasteiger charge is -2.30. The molecule has 1 aliphatic rings. The molecule has 1 aliphatic carbocycles. The van der Waals surface area contributed by atoms with Gasteiger partial charge in [-0.05, 0) is 30.9 Å². The van der Waals surface area contributed by atoms with Gasteiger partial charge in [-0.3, -0.25) is 0 Å². The van der Waals surface area contributed by atoms with Gasteiger partial charge < -0.3 is 14.9 Å². The van der Waals surface area contributed by atoms with Gasteiger partial charge in [-0.15, -0.1) is 0 Å². The van der Waals surface area contributed by atoms with Crippen LogP contribution in [0.2, 0.25) is 0 Å². The minimum atomic E-state index is 0.348. The average molecular weight is 274 g/mol. The fourth-order valence-electron chi connectivity index (χ4n) is 3.12. The third-order valence-electron chi connectivity index (χ3n) is 4.28. The van der Waals surface area contributed by atoms with Gasteiger partial charge >= 0.3 is 0 Å². The molecule has 1 saturated carbocycles. The summed E-state index contributed by atoms with van der Waals surface area (Å²) in [5, 5.41) is 0. The first-order valence-electron chi connectivity index (χ1n) is 7.53. The molecule has 2 N–H and O–H groups in total. The zero-order valence-corrected chi connectivity index (χ0v) is 12.0. The number of anilines is 1. The zero-order valence-electron chi connectivity index (χ0n) is 12.0. The Bertz CT molecular complexity index is 579. The van der Waals surface area contributed by atoms with Crippen LogP contribution in [-0.4, -0.2) is 11.1 Å². The molecule has 4 nitrogen and oxygen atoms in total. The summed E-state index contributed by atoms with van der Waals surface area (Å²) in [7, 11) is 0. The van der Waals surface area contributed by atoms with E-state index in [2.05, 4.69) is 11.9 Å². The molecule has 0 amide bonds. The Morgan fingerprint density at radius 1 is 1.35 bits per heavy atom. The van der Waals surface area contributed by atoms with Gasteiger partial charge in [-0.25, -0.2) is 4.98 Å². The van der Waals surface area contributed by atoms with Crippen LogP contribution in [0.15, 0.2) is 22.6 Å². The number of oxazole rings is 1. The van der Waals surface area contributed by atoms with Crippen molar-refractivity contribution in [3.05, 3.63) is 24.1 Å². The summed E-state index contributed by atoms with van der Waals surface area (Å²) in [6, 6.07) is 5.60. The van der Waals surface area contributed by atoms with Gasteiger partial charge in [0.25, 0.3) is 0 Å². The molecular formula is C16H22N2O2. The van der Waals surface area contributed by atoms with Gasteiger partial charge in [0, 0.05) is 0 Å². The number of nitrogens with two attached hydrogens (primary N) is 1. The van der Waals surface area contributed by atoms with Crippen LogP contribution in [0.3, 0.4) is 0 Å². The summed E-state index contributed by atoms with van der Waals surface area (Å²) in [6.07, 6.45) is 6.56. The number of aromatic nitrogens is 1. The second-order valence-corrected chi connectivity index (χ2v) is 5.60. The minimum Gasteiger partial charge on any atom is -0.438 e. The molecule has 1 aromatic carbocycles. The van der Waals surface area contributed by atoms with E-state index in [0.717, 1.165) is 17.5 Å². The molecule has 0 spiro atoms. The number of nitrogen functional groups attached to an aromatic ring is 1. The normalized spacial score (nSPS) is 23.2. The summed E-state index contributed by atoms with van der Waals surface area (Å²) in [4.78, 5) is 4.43. The second kappa shape index (κ2) is 5.83. The predicted octanol–water partition coefficient (Wildman–Crippen LogP) is 3.90. The van der Waals surface area contributed by atoms with Crippen LogP contribution < -0.4 is 5.73 Å².